The van der Waals surface area contributed by atoms with Gasteiger partial charge < -0.3 is 5.21 Å². The molecule has 0 amide bonds. The molecule has 0 radical (unpaired) electrons. The fourth-order valence-electron chi connectivity index (χ4n) is 1.06. The molecule has 0 aliphatic heterocycles. The molecule has 1 aromatic heterocycles. The van der Waals surface area contributed by atoms with Gasteiger partial charge in [-0.2, -0.15) is 4.73 Å². The Hall–Kier alpha value is -1.36. The summed E-state index contributed by atoms with van der Waals surface area (Å²) < 4.78 is 0.499. The average Bonchev–Trinajstić information content (AvgIpc) is 2.08. The highest BCUT2D eigenvalue weighted by Crippen LogP contribution is 2.20. The van der Waals surface area contributed by atoms with Crippen LogP contribution in [0.1, 0.15) is 25.5 Å². The monoisotopic (exact) mass is 216 g/mol. The molecule has 0 aliphatic carbocycles. The molecule has 0 unspecified atom stereocenters. The minimum Gasteiger partial charge on any atom is -0.617 e. The van der Waals surface area contributed by atoms with Crippen LogP contribution < -0.4 is 4.73 Å². The number of aromatic nitrogens is 1. The smallest absolute Gasteiger partial charge is 0.293 e. The normalized spacial score (nSPS) is 10.6. The second kappa shape index (κ2) is 3.79. The van der Waals surface area contributed by atoms with Crippen LogP contribution in [0, 0.1) is 15.3 Å². The van der Waals surface area contributed by atoms with E-state index in [0.29, 0.717) is 10.4 Å². The Morgan fingerprint density at radius 2 is 2.07 bits per heavy atom. The first-order valence-corrected chi connectivity index (χ1v) is 4.38. The standard InChI is InChI=1S/C8H9ClN2O3/c1-5(2)7-3-6(11(13)14)4-8(9)10(7)12/h3-5H,1-2H3. The summed E-state index contributed by atoms with van der Waals surface area (Å²) in [7, 11) is 0. The predicted molar refractivity (Wildman–Crippen MR) is 51.2 cm³/mol. The topological polar surface area (TPSA) is 70.1 Å². The molecular weight excluding hydrogens is 208 g/mol. The van der Waals surface area contributed by atoms with Crippen molar-refractivity contribution in [3.8, 4) is 0 Å². The van der Waals surface area contributed by atoms with E-state index in [9.17, 15) is 15.3 Å². The van der Waals surface area contributed by atoms with Crippen molar-refractivity contribution in [3.63, 3.8) is 0 Å². The van der Waals surface area contributed by atoms with Gasteiger partial charge in [-0.25, -0.2) is 0 Å². The molecule has 14 heavy (non-hydrogen) atoms. The zero-order chi connectivity index (χ0) is 10.9. The first kappa shape index (κ1) is 10.7. The van der Waals surface area contributed by atoms with Crippen molar-refractivity contribution < 1.29 is 9.65 Å². The van der Waals surface area contributed by atoms with E-state index in [1.807, 2.05) is 0 Å². The Morgan fingerprint density at radius 1 is 1.50 bits per heavy atom. The largest absolute Gasteiger partial charge is 0.617 e. The number of nitrogens with zero attached hydrogens (tertiary/aromatic N) is 2. The molecule has 0 aromatic carbocycles. The number of nitro groups is 1. The number of hydrogen-bond acceptors (Lipinski definition) is 3. The molecule has 76 valence electrons. The second-order valence-electron chi connectivity index (χ2n) is 3.17. The van der Waals surface area contributed by atoms with Crippen LogP contribution >= 0.6 is 11.6 Å². The van der Waals surface area contributed by atoms with Crippen LogP contribution in [0.3, 0.4) is 0 Å². The number of halogens is 1. The van der Waals surface area contributed by atoms with Crippen LogP contribution in [0.5, 0.6) is 0 Å². The lowest BCUT2D eigenvalue weighted by molar-refractivity contribution is -0.613. The molecular formula is C8H9ClN2O3. The van der Waals surface area contributed by atoms with Gasteiger partial charge in [-0.05, 0) is 11.6 Å². The number of hydrogen-bond donors (Lipinski definition) is 0. The van der Waals surface area contributed by atoms with E-state index in [-0.39, 0.29) is 16.8 Å². The van der Waals surface area contributed by atoms with E-state index in [1.54, 1.807) is 13.8 Å². The van der Waals surface area contributed by atoms with Crippen LogP contribution in [-0.2, 0) is 0 Å². The Labute approximate surface area is 85.7 Å². The molecule has 0 spiro atoms. The van der Waals surface area contributed by atoms with E-state index in [1.165, 1.54) is 6.07 Å². The zero-order valence-electron chi connectivity index (χ0n) is 7.73. The van der Waals surface area contributed by atoms with Crippen molar-refractivity contribution in [2.24, 2.45) is 0 Å². The quantitative estimate of drug-likeness (QED) is 0.250. The average molecular weight is 217 g/mol. The first-order chi connectivity index (χ1) is 6.43. The maximum atomic E-state index is 11.3. The van der Waals surface area contributed by atoms with Gasteiger partial charge in [0, 0.05) is 5.92 Å². The highest BCUT2D eigenvalue weighted by Gasteiger charge is 2.20. The lowest BCUT2D eigenvalue weighted by Crippen LogP contribution is -2.34. The van der Waals surface area contributed by atoms with Crippen molar-refractivity contribution in [1.29, 1.82) is 0 Å². The summed E-state index contributed by atoms with van der Waals surface area (Å²) in [5, 5.41) is 21.6. The Bertz CT molecular complexity index is 379. The molecule has 0 saturated heterocycles. The summed E-state index contributed by atoms with van der Waals surface area (Å²) in [5.41, 5.74) is 0.134. The van der Waals surface area contributed by atoms with Gasteiger partial charge in [-0.3, -0.25) is 10.1 Å². The summed E-state index contributed by atoms with van der Waals surface area (Å²) in [5.74, 6) is -0.107. The molecule has 1 rings (SSSR count). The molecule has 1 heterocycles. The van der Waals surface area contributed by atoms with Crippen molar-refractivity contribution >= 4 is 17.3 Å². The molecule has 0 saturated carbocycles. The van der Waals surface area contributed by atoms with Gasteiger partial charge in [0.2, 0.25) is 5.69 Å². The molecule has 0 N–H and O–H groups in total. The highest BCUT2D eigenvalue weighted by molar-refractivity contribution is 6.28. The summed E-state index contributed by atoms with van der Waals surface area (Å²) in [6.45, 7) is 3.54. The van der Waals surface area contributed by atoms with Gasteiger partial charge in [-0.15, -0.1) is 0 Å². The zero-order valence-corrected chi connectivity index (χ0v) is 8.49. The SMILES string of the molecule is CC(C)c1cc([N+](=O)[O-])cc(Cl)[n+]1[O-]. The summed E-state index contributed by atoms with van der Waals surface area (Å²) in [6.07, 6.45) is 0. The molecule has 6 heteroatoms. The van der Waals surface area contributed by atoms with E-state index in [2.05, 4.69) is 0 Å². The Balaban J connectivity index is 3.35. The van der Waals surface area contributed by atoms with E-state index >= 15 is 0 Å². The van der Waals surface area contributed by atoms with Gasteiger partial charge in [0.1, 0.15) is 6.07 Å². The molecule has 0 bridgehead atoms. The van der Waals surface area contributed by atoms with Crippen LogP contribution in [-0.4, -0.2) is 4.92 Å². The maximum absolute atomic E-state index is 11.3. The van der Waals surface area contributed by atoms with Crippen molar-refractivity contribution in [2.45, 2.75) is 19.8 Å². The van der Waals surface area contributed by atoms with Crippen LogP contribution in [0.4, 0.5) is 5.69 Å². The fourth-order valence-corrected chi connectivity index (χ4v) is 1.27. The third-order valence-electron chi connectivity index (χ3n) is 1.79. The van der Waals surface area contributed by atoms with Crippen LogP contribution in [0.2, 0.25) is 5.15 Å². The summed E-state index contributed by atoms with van der Waals surface area (Å²) >= 11 is 5.55. The lowest BCUT2D eigenvalue weighted by atomic mass is 10.1. The molecule has 5 nitrogen and oxygen atoms in total. The second-order valence-corrected chi connectivity index (χ2v) is 3.55. The molecule has 0 atom stereocenters. The highest BCUT2D eigenvalue weighted by atomic mass is 35.5. The molecule has 0 aliphatic rings. The third-order valence-corrected chi connectivity index (χ3v) is 2.06. The maximum Gasteiger partial charge on any atom is 0.293 e. The Morgan fingerprint density at radius 3 is 2.50 bits per heavy atom. The third kappa shape index (κ3) is 1.93. The van der Waals surface area contributed by atoms with Crippen molar-refractivity contribution in [2.75, 3.05) is 0 Å². The molecule has 1 aromatic rings. The lowest BCUT2D eigenvalue weighted by Gasteiger charge is -2.07. The summed E-state index contributed by atoms with van der Waals surface area (Å²) in [4.78, 5) is 9.90. The van der Waals surface area contributed by atoms with Crippen LogP contribution in [0.25, 0.3) is 0 Å². The summed E-state index contributed by atoms with van der Waals surface area (Å²) in [6, 6.07) is 2.28. The van der Waals surface area contributed by atoms with E-state index in [0.717, 1.165) is 6.07 Å². The van der Waals surface area contributed by atoms with Crippen molar-refractivity contribution in [3.05, 3.63) is 38.3 Å². The number of pyridine rings is 1. The van der Waals surface area contributed by atoms with Gasteiger partial charge in [0.05, 0.1) is 11.0 Å². The van der Waals surface area contributed by atoms with Gasteiger partial charge in [0.25, 0.3) is 10.8 Å². The van der Waals surface area contributed by atoms with E-state index in [4.69, 9.17) is 11.6 Å². The Kier molecular flexibility index (Phi) is 2.90. The minimum atomic E-state index is -0.572. The minimum absolute atomic E-state index is 0.107. The predicted octanol–water partition coefficient (Wildman–Crippen LogP) is 2.00. The van der Waals surface area contributed by atoms with Gasteiger partial charge in [0.15, 0.2) is 0 Å². The van der Waals surface area contributed by atoms with Crippen LogP contribution in [0.15, 0.2) is 12.1 Å². The fraction of sp³-hybridized carbons (Fsp3) is 0.375. The molecule has 0 fully saturated rings. The number of rotatable bonds is 2. The van der Waals surface area contributed by atoms with Gasteiger partial charge >= 0.3 is 0 Å². The van der Waals surface area contributed by atoms with Gasteiger partial charge in [-0.1, -0.05) is 13.8 Å². The van der Waals surface area contributed by atoms with Crippen molar-refractivity contribution in [1.82, 2.24) is 0 Å². The first-order valence-electron chi connectivity index (χ1n) is 4.01. The van der Waals surface area contributed by atoms with E-state index < -0.39 is 4.92 Å².